The van der Waals surface area contributed by atoms with Crippen molar-refractivity contribution in [3.63, 3.8) is 0 Å². The number of nitrogens with one attached hydrogen (secondary N) is 1. The lowest BCUT2D eigenvalue weighted by Gasteiger charge is -2.38. The number of para-hydroxylation sites is 1. The molecular weight excluding hydrogens is 672 g/mol. The van der Waals surface area contributed by atoms with Crippen LogP contribution in [-0.4, -0.2) is 40.5 Å². The summed E-state index contributed by atoms with van der Waals surface area (Å²) in [5.41, 5.74) is -6.18. The zero-order chi connectivity index (χ0) is 36.4. The maximum Gasteiger partial charge on any atom is 0.433 e. The Morgan fingerprint density at radius 1 is 0.714 bits per heavy atom. The van der Waals surface area contributed by atoms with E-state index in [0.717, 1.165) is 30.3 Å². The lowest BCUT2D eigenvalue weighted by Crippen LogP contribution is -2.53. The van der Waals surface area contributed by atoms with Crippen molar-refractivity contribution in [2.45, 2.75) is 49.8 Å². The zero-order valence-corrected chi connectivity index (χ0v) is 26.0. The van der Waals surface area contributed by atoms with Crippen molar-refractivity contribution in [1.82, 2.24) is 9.97 Å². The number of anilines is 1. The van der Waals surface area contributed by atoms with Crippen LogP contribution >= 0.6 is 0 Å². The number of hydrogen-bond acceptors (Lipinski definition) is 5. The molecule has 15 heteroatoms. The van der Waals surface area contributed by atoms with Crippen molar-refractivity contribution < 1.29 is 53.7 Å². The van der Waals surface area contributed by atoms with Crippen molar-refractivity contribution >= 4 is 27.5 Å². The first kappa shape index (κ1) is 37.2. The minimum absolute atomic E-state index is 0.0625. The fourth-order valence-electron chi connectivity index (χ4n) is 5.23. The van der Waals surface area contributed by atoms with Crippen molar-refractivity contribution in [2.24, 2.45) is 0 Å². The minimum atomic E-state index is -5.09. The Bertz CT molecular complexity index is 1920. The highest BCUT2D eigenvalue weighted by Gasteiger charge is 2.56. The quantitative estimate of drug-likeness (QED) is 0.166. The van der Waals surface area contributed by atoms with Crippen LogP contribution in [0.1, 0.15) is 37.2 Å². The maximum absolute atomic E-state index is 14.1. The molecule has 0 saturated heterocycles. The van der Waals surface area contributed by atoms with Crippen molar-refractivity contribution in [3.05, 3.63) is 108 Å². The van der Waals surface area contributed by atoms with Crippen LogP contribution in [0.3, 0.4) is 0 Å². The number of benzene rings is 3. The van der Waals surface area contributed by atoms with Gasteiger partial charge in [-0.05, 0) is 66.4 Å². The second-order valence-electron chi connectivity index (χ2n) is 11.7. The Morgan fingerprint density at radius 2 is 1.31 bits per heavy atom. The molecule has 2 N–H and O–H groups in total. The first-order valence-corrected chi connectivity index (χ1v) is 14.4. The molecule has 262 valence electrons. The number of pyridine rings is 2. The molecule has 0 amide bonds. The highest BCUT2D eigenvalue weighted by Crippen LogP contribution is 2.44. The van der Waals surface area contributed by atoms with E-state index in [2.05, 4.69) is 15.3 Å². The third kappa shape index (κ3) is 8.69. The topological polar surface area (TPSA) is 67.3 Å². The van der Waals surface area contributed by atoms with Crippen LogP contribution in [0, 0.1) is 5.82 Å². The second-order valence-corrected chi connectivity index (χ2v) is 11.7. The molecule has 2 aromatic heterocycles. The van der Waals surface area contributed by atoms with E-state index in [1.54, 1.807) is 24.3 Å². The number of aliphatic hydroxyl groups is 1. The molecule has 0 fully saturated rings. The summed E-state index contributed by atoms with van der Waals surface area (Å²) in [5.74, 6) is -0.515. The van der Waals surface area contributed by atoms with Crippen molar-refractivity contribution in [2.75, 3.05) is 19.0 Å². The number of nitrogens with zero attached hydrogens (tertiary/aromatic N) is 2. The summed E-state index contributed by atoms with van der Waals surface area (Å²) >= 11 is 0. The normalized spacial score (nSPS) is 13.8. The molecule has 0 spiro atoms. The Balaban J connectivity index is 0.000000319. The van der Waals surface area contributed by atoms with Crippen LogP contribution in [0.2, 0.25) is 0 Å². The van der Waals surface area contributed by atoms with E-state index in [1.807, 2.05) is 0 Å². The summed E-state index contributed by atoms with van der Waals surface area (Å²) < 4.78 is 137. The predicted octanol–water partition coefficient (Wildman–Crippen LogP) is 9.73. The van der Waals surface area contributed by atoms with Gasteiger partial charge in [0.25, 0.3) is 0 Å². The van der Waals surface area contributed by atoms with Crippen LogP contribution < -0.4 is 10.1 Å². The van der Waals surface area contributed by atoms with Gasteiger partial charge in [-0.1, -0.05) is 44.2 Å². The van der Waals surface area contributed by atoms with E-state index in [4.69, 9.17) is 4.74 Å². The molecule has 1 unspecified atom stereocenters. The molecule has 3 aromatic carbocycles. The van der Waals surface area contributed by atoms with Crippen molar-refractivity contribution in [1.29, 1.82) is 0 Å². The number of fused-ring (bicyclic) bond motifs is 2. The molecule has 49 heavy (non-hydrogen) atoms. The molecule has 0 aliphatic rings. The van der Waals surface area contributed by atoms with Crippen LogP contribution in [0.25, 0.3) is 21.8 Å². The summed E-state index contributed by atoms with van der Waals surface area (Å²) in [6.45, 7) is 1.82. The van der Waals surface area contributed by atoms with Gasteiger partial charge < -0.3 is 15.2 Å². The van der Waals surface area contributed by atoms with Crippen molar-refractivity contribution in [3.8, 4) is 5.75 Å². The lowest BCUT2D eigenvalue weighted by molar-refractivity contribution is -0.260. The molecule has 2 heterocycles. The van der Waals surface area contributed by atoms with Gasteiger partial charge in [-0.25, -0.2) is 14.4 Å². The molecule has 0 aliphatic carbocycles. The van der Waals surface area contributed by atoms with Gasteiger partial charge in [-0.2, -0.15) is 39.5 Å². The highest BCUT2D eigenvalue weighted by molar-refractivity contribution is 5.91. The van der Waals surface area contributed by atoms with Crippen LogP contribution in [0.4, 0.5) is 49.6 Å². The van der Waals surface area contributed by atoms with E-state index < -0.39 is 59.7 Å². The van der Waals surface area contributed by atoms with Gasteiger partial charge in [0.2, 0.25) is 0 Å². The minimum Gasteiger partial charge on any atom is -0.496 e. The van der Waals surface area contributed by atoms with E-state index in [-0.39, 0.29) is 27.9 Å². The first-order chi connectivity index (χ1) is 22.6. The van der Waals surface area contributed by atoms with E-state index in [0.29, 0.717) is 10.9 Å². The standard InChI is InChI=1S/C24H23F7N2O2.C10H6F3N/c1-21(2,16-11-14(25)7-9-19(16)35-3)12-22(34,24(29,30)31)13-32-17-5-4-6-18-15(17)8-10-20(33-18)23(26,27)28;11-10(12,13)9-6-5-7-3-1-2-4-8(7)14-9/h4-11,32,34H,12-13H2,1-3H3;1-6H. The van der Waals surface area contributed by atoms with E-state index in [1.165, 1.54) is 51.3 Å². The Kier molecular flexibility index (Phi) is 10.4. The lowest BCUT2D eigenvalue weighted by atomic mass is 9.74. The van der Waals surface area contributed by atoms with Crippen LogP contribution in [0.5, 0.6) is 5.75 Å². The van der Waals surface area contributed by atoms with Gasteiger partial charge in [-0.3, -0.25) is 0 Å². The summed E-state index contributed by atoms with van der Waals surface area (Å²) in [7, 11) is 1.29. The molecule has 5 aromatic rings. The first-order valence-electron chi connectivity index (χ1n) is 14.4. The molecule has 0 radical (unpaired) electrons. The Morgan fingerprint density at radius 3 is 1.92 bits per heavy atom. The average Bonchev–Trinajstić information content (AvgIpc) is 3.02. The Labute approximate surface area is 273 Å². The fraction of sp³-hybridized carbons (Fsp3) is 0.294. The summed E-state index contributed by atoms with van der Waals surface area (Å²) in [6.07, 6.45) is -15.0. The zero-order valence-electron chi connectivity index (χ0n) is 26.0. The van der Waals surface area contributed by atoms with Gasteiger partial charge in [0.05, 0.1) is 24.7 Å². The number of hydrogen-bond donors (Lipinski definition) is 2. The smallest absolute Gasteiger partial charge is 0.433 e. The third-order valence-electron chi connectivity index (χ3n) is 7.64. The van der Waals surface area contributed by atoms with Gasteiger partial charge in [0.1, 0.15) is 23.0 Å². The number of halogens is 10. The molecule has 5 rings (SSSR count). The number of rotatable bonds is 7. The molecule has 0 bridgehead atoms. The number of alkyl halides is 9. The van der Waals surface area contributed by atoms with Crippen LogP contribution in [0.15, 0.2) is 84.9 Å². The SMILES string of the molecule is COc1ccc(F)cc1C(C)(C)CC(O)(CNc1cccc2nc(C(F)(F)F)ccc12)C(F)(F)F.FC(F)(F)c1ccc2ccccc2n1. The largest absolute Gasteiger partial charge is 0.496 e. The number of aromatic nitrogens is 2. The van der Waals surface area contributed by atoms with Crippen LogP contribution in [-0.2, 0) is 17.8 Å². The summed E-state index contributed by atoms with van der Waals surface area (Å²) in [5, 5.41) is 14.1. The molecular formula is C34H29F10N3O2. The van der Waals surface area contributed by atoms with Gasteiger partial charge in [0, 0.05) is 22.0 Å². The average molecular weight is 702 g/mol. The monoisotopic (exact) mass is 701 g/mol. The maximum atomic E-state index is 14.1. The summed E-state index contributed by atoms with van der Waals surface area (Å²) in [4.78, 5) is 7.05. The van der Waals surface area contributed by atoms with Gasteiger partial charge in [-0.15, -0.1) is 0 Å². The third-order valence-corrected chi connectivity index (χ3v) is 7.64. The number of ether oxygens (including phenoxy) is 1. The molecule has 0 aliphatic heterocycles. The summed E-state index contributed by atoms with van der Waals surface area (Å²) in [6, 6.07) is 18.4. The van der Waals surface area contributed by atoms with E-state index in [9.17, 15) is 49.0 Å². The van der Waals surface area contributed by atoms with Gasteiger partial charge in [0.15, 0.2) is 5.60 Å². The predicted molar refractivity (Wildman–Crippen MR) is 164 cm³/mol. The Hall–Kier alpha value is -4.66. The number of methoxy groups -OCH3 is 1. The fourth-order valence-corrected chi connectivity index (χ4v) is 5.23. The second kappa shape index (κ2) is 13.7. The highest BCUT2D eigenvalue weighted by atomic mass is 19.4. The molecule has 0 saturated carbocycles. The molecule has 5 nitrogen and oxygen atoms in total. The van der Waals surface area contributed by atoms with E-state index >= 15 is 0 Å². The molecule has 1 atom stereocenters. The van der Waals surface area contributed by atoms with Gasteiger partial charge >= 0.3 is 18.5 Å².